The predicted octanol–water partition coefficient (Wildman–Crippen LogP) is 4.02. The van der Waals surface area contributed by atoms with Gasteiger partial charge in [0, 0.05) is 28.9 Å². The van der Waals surface area contributed by atoms with E-state index in [1.807, 2.05) is 6.07 Å². The Balaban J connectivity index is 2.07. The van der Waals surface area contributed by atoms with Crippen LogP contribution >= 0.6 is 0 Å². The summed E-state index contributed by atoms with van der Waals surface area (Å²) in [4.78, 5) is 12.5. The molecule has 31 heavy (non-hydrogen) atoms. The monoisotopic (exact) mass is 445 g/mol. The molecular weight excluding hydrogens is 424 g/mol. The van der Waals surface area contributed by atoms with Crippen LogP contribution < -0.4 is 11.1 Å². The quantitative estimate of drug-likeness (QED) is 0.666. The Hall–Kier alpha value is -3.09. The fourth-order valence-corrected chi connectivity index (χ4v) is 4.71. The SMILES string of the molecule is CCS(=O)(=O)c1cc(C#N)ccc1C(N)C1=C(Nc2cccc(C(F)F)c2)CCC1=O. The first-order valence-corrected chi connectivity index (χ1v) is 11.3. The van der Waals surface area contributed by atoms with Crippen molar-refractivity contribution in [1.29, 1.82) is 5.26 Å². The van der Waals surface area contributed by atoms with Gasteiger partial charge < -0.3 is 11.1 Å². The van der Waals surface area contributed by atoms with Crippen molar-refractivity contribution in [3.05, 3.63) is 70.4 Å². The van der Waals surface area contributed by atoms with Crippen LogP contribution in [0.5, 0.6) is 0 Å². The van der Waals surface area contributed by atoms with Gasteiger partial charge in [0.1, 0.15) is 0 Å². The van der Waals surface area contributed by atoms with Crippen LogP contribution in [0.3, 0.4) is 0 Å². The minimum Gasteiger partial charge on any atom is -0.358 e. The van der Waals surface area contributed by atoms with Crippen molar-refractivity contribution in [2.45, 2.75) is 37.1 Å². The van der Waals surface area contributed by atoms with Crippen LogP contribution in [-0.4, -0.2) is 20.0 Å². The lowest BCUT2D eigenvalue weighted by atomic mass is 9.96. The molecule has 0 radical (unpaired) electrons. The Morgan fingerprint density at radius 1 is 1.19 bits per heavy atom. The maximum atomic E-state index is 13.0. The molecule has 0 bridgehead atoms. The average molecular weight is 445 g/mol. The van der Waals surface area contributed by atoms with E-state index in [4.69, 9.17) is 11.0 Å². The van der Waals surface area contributed by atoms with Crippen molar-refractivity contribution in [3.8, 4) is 6.07 Å². The molecule has 0 saturated heterocycles. The van der Waals surface area contributed by atoms with Crippen molar-refractivity contribution in [2.75, 3.05) is 11.1 Å². The highest BCUT2D eigenvalue weighted by atomic mass is 32.2. The lowest BCUT2D eigenvalue weighted by Gasteiger charge is -2.19. The maximum absolute atomic E-state index is 13.0. The van der Waals surface area contributed by atoms with Gasteiger partial charge >= 0.3 is 0 Å². The van der Waals surface area contributed by atoms with Crippen LogP contribution in [0.25, 0.3) is 0 Å². The molecule has 2 aromatic rings. The molecule has 0 fully saturated rings. The number of rotatable bonds is 7. The van der Waals surface area contributed by atoms with Crippen LogP contribution in [0.4, 0.5) is 14.5 Å². The van der Waals surface area contributed by atoms with Gasteiger partial charge in [-0.3, -0.25) is 4.79 Å². The normalized spacial score (nSPS) is 15.3. The predicted molar refractivity (Wildman–Crippen MR) is 112 cm³/mol. The number of Topliss-reactive ketones (excluding diaryl/α,β-unsaturated/α-hetero) is 1. The number of ketones is 1. The number of anilines is 1. The number of nitrogens with zero attached hydrogens (tertiary/aromatic N) is 1. The van der Waals surface area contributed by atoms with E-state index in [-0.39, 0.29) is 45.1 Å². The van der Waals surface area contributed by atoms with E-state index in [0.717, 1.165) is 0 Å². The van der Waals surface area contributed by atoms with Crippen LogP contribution in [0.2, 0.25) is 0 Å². The van der Waals surface area contributed by atoms with Crippen molar-refractivity contribution >= 4 is 21.3 Å². The number of carbonyl (C=O) groups excluding carboxylic acids is 1. The molecule has 1 aliphatic carbocycles. The topological polar surface area (TPSA) is 113 Å². The first-order valence-electron chi connectivity index (χ1n) is 9.61. The second-order valence-corrected chi connectivity index (χ2v) is 9.36. The van der Waals surface area contributed by atoms with E-state index in [1.165, 1.54) is 43.3 Å². The summed E-state index contributed by atoms with van der Waals surface area (Å²) in [6.45, 7) is 1.48. The Morgan fingerprint density at radius 3 is 2.58 bits per heavy atom. The van der Waals surface area contributed by atoms with Gasteiger partial charge in [0.15, 0.2) is 15.6 Å². The third-order valence-corrected chi connectivity index (χ3v) is 6.95. The molecule has 0 aliphatic heterocycles. The van der Waals surface area contributed by atoms with Gasteiger partial charge in [-0.05, 0) is 36.2 Å². The molecule has 1 atom stereocenters. The summed E-state index contributed by atoms with van der Waals surface area (Å²) >= 11 is 0. The van der Waals surface area contributed by atoms with E-state index < -0.39 is 22.3 Å². The van der Waals surface area contributed by atoms with E-state index >= 15 is 0 Å². The van der Waals surface area contributed by atoms with Crippen molar-refractivity contribution < 1.29 is 22.0 Å². The molecule has 2 aromatic carbocycles. The minimum atomic E-state index is -3.71. The van der Waals surface area contributed by atoms with Crippen molar-refractivity contribution in [2.24, 2.45) is 5.73 Å². The lowest BCUT2D eigenvalue weighted by Crippen LogP contribution is -2.22. The van der Waals surface area contributed by atoms with Gasteiger partial charge in [-0.1, -0.05) is 25.1 Å². The average Bonchev–Trinajstić information content (AvgIpc) is 3.12. The number of hydrogen-bond acceptors (Lipinski definition) is 6. The fourth-order valence-electron chi connectivity index (χ4n) is 3.53. The number of nitriles is 1. The number of allylic oxidation sites excluding steroid dienone is 1. The number of nitrogens with one attached hydrogen (secondary N) is 1. The Morgan fingerprint density at radius 2 is 1.94 bits per heavy atom. The minimum absolute atomic E-state index is 0.0900. The third kappa shape index (κ3) is 4.65. The van der Waals surface area contributed by atoms with Gasteiger partial charge in [-0.25, -0.2) is 17.2 Å². The molecule has 9 heteroatoms. The van der Waals surface area contributed by atoms with Gasteiger partial charge in [0.05, 0.1) is 28.3 Å². The maximum Gasteiger partial charge on any atom is 0.263 e. The van der Waals surface area contributed by atoms with Gasteiger partial charge in [-0.2, -0.15) is 5.26 Å². The standard InChI is InChI=1S/C22H21F2N3O3S/c1-2-31(29,30)19-10-13(12-25)6-7-16(19)21(26)20-17(8-9-18(20)28)27-15-5-3-4-14(11-15)22(23)24/h3-7,10-11,21-22,27H,2,8-9,26H2,1H3. The smallest absolute Gasteiger partial charge is 0.263 e. The summed E-state index contributed by atoms with van der Waals surface area (Å²) in [5.41, 5.74) is 7.64. The van der Waals surface area contributed by atoms with E-state index in [0.29, 0.717) is 17.8 Å². The molecule has 0 amide bonds. The molecule has 0 aromatic heterocycles. The molecule has 162 valence electrons. The Labute approximate surface area is 179 Å². The summed E-state index contributed by atoms with van der Waals surface area (Å²) < 4.78 is 51.2. The van der Waals surface area contributed by atoms with Crippen LogP contribution in [0.15, 0.2) is 58.6 Å². The summed E-state index contributed by atoms with van der Waals surface area (Å²) in [6.07, 6.45) is -2.14. The Kier molecular flexibility index (Phi) is 6.53. The van der Waals surface area contributed by atoms with Gasteiger partial charge in [0.2, 0.25) is 0 Å². The number of sulfone groups is 1. The molecule has 1 aliphatic rings. The largest absolute Gasteiger partial charge is 0.358 e. The van der Waals surface area contributed by atoms with E-state index in [1.54, 1.807) is 6.07 Å². The van der Waals surface area contributed by atoms with Crippen molar-refractivity contribution in [1.82, 2.24) is 0 Å². The Bertz CT molecular complexity index is 1200. The van der Waals surface area contributed by atoms with E-state index in [2.05, 4.69) is 5.32 Å². The highest BCUT2D eigenvalue weighted by Crippen LogP contribution is 2.36. The number of benzene rings is 2. The number of nitrogens with two attached hydrogens (primary N) is 1. The van der Waals surface area contributed by atoms with Gasteiger partial charge in [0.25, 0.3) is 6.43 Å². The van der Waals surface area contributed by atoms with Crippen LogP contribution in [0.1, 0.15) is 48.9 Å². The summed E-state index contributed by atoms with van der Waals surface area (Å²) in [7, 11) is -3.71. The second-order valence-electron chi connectivity index (χ2n) is 7.11. The van der Waals surface area contributed by atoms with Crippen LogP contribution in [-0.2, 0) is 14.6 Å². The molecule has 0 saturated carbocycles. The number of hydrogen-bond donors (Lipinski definition) is 2. The summed E-state index contributed by atoms with van der Waals surface area (Å²) in [5, 5.41) is 12.2. The molecule has 0 spiro atoms. The second kappa shape index (κ2) is 8.96. The first kappa shape index (κ1) is 22.6. The molecular formula is C22H21F2N3O3S. The third-order valence-electron chi connectivity index (χ3n) is 5.17. The summed E-state index contributed by atoms with van der Waals surface area (Å²) in [6, 6.07) is 10.7. The number of carbonyl (C=O) groups is 1. The van der Waals surface area contributed by atoms with E-state index in [9.17, 15) is 22.0 Å². The molecule has 1 unspecified atom stereocenters. The zero-order valence-corrected chi connectivity index (χ0v) is 17.5. The summed E-state index contributed by atoms with van der Waals surface area (Å²) in [5.74, 6) is -0.440. The zero-order chi connectivity index (χ0) is 22.8. The highest BCUT2D eigenvalue weighted by molar-refractivity contribution is 7.91. The lowest BCUT2D eigenvalue weighted by molar-refractivity contribution is -0.115. The fraction of sp³-hybridized carbons (Fsp3) is 0.273. The highest BCUT2D eigenvalue weighted by Gasteiger charge is 2.32. The molecule has 3 N–H and O–H groups in total. The first-order chi connectivity index (χ1) is 14.7. The molecule has 6 nitrogen and oxygen atoms in total. The molecule has 3 rings (SSSR count). The number of halogens is 2. The zero-order valence-electron chi connectivity index (χ0n) is 16.7. The van der Waals surface area contributed by atoms with Gasteiger partial charge in [-0.15, -0.1) is 0 Å². The van der Waals surface area contributed by atoms with Crippen LogP contribution in [0, 0.1) is 11.3 Å². The van der Waals surface area contributed by atoms with Crippen molar-refractivity contribution in [3.63, 3.8) is 0 Å². The molecule has 0 heterocycles. The number of alkyl halides is 2.